The third kappa shape index (κ3) is 15.8. The van der Waals surface area contributed by atoms with Crippen LogP contribution >= 0.6 is 0 Å². The fourth-order valence-electron chi connectivity index (χ4n) is 0.845. The lowest BCUT2D eigenvalue weighted by Gasteiger charge is -2.04. The summed E-state index contributed by atoms with van der Waals surface area (Å²) < 4.78 is 56.3. The molecular weight excluding hydrogens is 272 g/mol. The average Bonchev–Trinajstić information content (AvgIpc) is 2.11. The molecule has 0 aliphatic rings. The van der Waals surface area contributed by atoms with Crippen molar-refractivity contribution in [1.82, 2.24) is 0 Å². The van der Waals surface area contributed by atoms with Crippen molar-refractivity contribution in [2.45, 2.75) is 12.8 Å². The minimum atomic E-state index is -3.38. The first-order valence-corrected chi connectivity index (χ1v) is 8.60. The van der Waals surface area contributed by atoms with Crippen LogP contribution in [0.15, 0.2) is 0 Å². The highest BCUT2D eigenvalue weighted by Gasteiger charge is 2.01. The molecule has 0 saturated heterocycles. The predicted octanol–water partition coefficient (Wildman–Crippen LogP) is -0.264. The second kappa shape index (κ2) is 7.98. The molecule has 0 N–H and O–H groups in total. The summed E-state index contributed by atoms with van der Waals surface area (Å²) in [5.74, 6) is 0. The SMILES string of the molecule is CS(=O)(=O)OCCCOCCCOS(C)(=O)=O. The van der Waals surface area contributed by atoms with Crippen molar-refractivity contribution < 1.29 is 29.9 Å². The Morgan fingerprint density at radius 3 is 1.35 bits per heavy atom. The fraction of sp³-hybridized carbons (Fsp3) is 1.00. The zero-order valence-corrected chi connectivity index (χ0v) is 11.5. The van der Waals surface area contributed by atoms with Crippen LogP contribution in [0.25, 0.3) is 0 Å². The van der Waals surface area contributed by atoms with Gasteiger partial charge in [-0.15, -0.1) is 0 Å². The average molecular weight is 290 g/mol. The molecule has 0 aliphatic heterocycles. The first-order chi connectivity index (χ1) is 7.71. The van der Waals surface area contributed by atoms with Gasteiger partial charge in [0.25, 0.3) is 20.2 Å². The van der Waals surface area contributed by atoms with Crippen molar-refractivity contribution in [2.75, 3.05) is 38.9 Å². The molecule has 7 nitrogen and oxygen atoms in total. The van der Waals surface area contributed by atoms with Gasteiger partial charge in [-0.3, -0.25) is 8.37 Å². The lowest BCUT2D eigenvalue weighted by atomic mass is 10.5. The maximum absolute atomic E-state index is 10.6. The maximum Gasteiger partial charge on any atom is 0.264 e. The van der Waals surface area contributed by atoms with Gasteiger partial charge in [0.15, 0.2) is 0 Å². The number of ether oxygens (including phenoxy) is 1. The normalized spacial score (nSPS) is 12.8. The summed E-state index contributed by atoms with van der Waals surface area (Å²) in [5, 5.41) is 0. The first-order valence-electron chi connectivity index (χ1n) is 4.97. The van der Waals surface area contributed by atoms with Crippen LogP contribution in [0.1, 0.15) is 12.8 Å². The molecule has 17 heavy (non-hydrogen) atoms. The van der Waals surface area contributed by atoms with Crippen molar-refractivity contribution in [3.63, 3.8) is 0 Å². The van der Waals surface area contributed by atoms with Crippen LogP contribution in [0, 0.1) is 0 Å². The smallest absolute Gasteiger partial charge is 0.264 e. The molecule has 0 heterocycles. The second-order valence-electron chi connectivity index (χ2n) is 3.37. The molecule has 0 atom stereocenters. The molecule has 9 heteroatoms. The monoisotopic (exact) mass is 290 g/mol. The van der Waals surface area contributed by atoms with E-state index in [9.17, 15) is 16.8 Å². The van der Waals surface area contributed by atoms with E-state index < -0.39 is 20.2 Å². The summed E-state index contributed by atoms with van der Waals surface area (Å²) in [4.78, 5) is 0. The van der Waals surface area contributed by atoms with Gasteiger partial charge in [-0.2, -0.15) is 16.8 Å². The highest BCUT2D eigenvalue weighted by Crippen LogP contribution is 1.93. The summed E-state index contributed by atoms with van der Waals surface area (Å²) in [7, 11) is -6.77. The Labute approximate surface area is 102 Å². The van der Waals surface area contributed by atoms with E-state index in [1.807, 2.05) is 0 Å². The van der Waals surface area contributed by atoms with Gasteiger partial charge in [-0.1, -0.05) is 0 Å². The Bertz CT molecular complexity index is 346. The molecular formula is C8H18O7S2. The van der Waals surface area contributed by atoms with Crippen molar-refractivity contribution in [3.8, 4) is 0 Å². The third-order valence-corrected chi connectivity index (χ3v) is 2.65. The minimum absolute atomic E-state index is 0.0820. The van der Waals surface area contributed by atoms with Crippen molar-refractivity contribution in [3.05, 3.63) is 0 Å². The molecule has 0 amide bonds. The van der Waals surface area contributed by atoms with E-state index in [0.29, 0.717) is 26.1 Å². The highest BCUT2D eigenvalue weighted by molar-refractivity contribution is 7.86. The Kier molecular flexibility index (Phi) is 7.88. The summed E-state index contributed by atoms with van der Waals surface area (Å²) in [5.41, 5.74) is 0. The molecule has 0 spiro atoms. The van der Waals surface area contributed by atoms with Gasteiger partial charge >= 0.3 is 0 Å². The van der Waals surface area contributed by atoms with Gasteiger partial charge < -0.3 is 4.74 Å². The molecule has 0 radical (unpaired) electrons. The molecule has 0 aromatic heterocycles. The van der Waals surface area contributed by atoms with Crippen LogP contribution < -0.4 is 0 Å². The third-order valence-electron chi connectivity index (χ3n) is 1.46. The Hall–Kier alpha value is -0.220. The predicted molar refractivity (Wildman–Crippen MR) is 61.6 cm³/mol. The standard InChI is InChI=1S/C8H18O7S2/c1-16(9,10)14-7-3-5-13-6-4-8-15-17(2,11)12/h3-8H2,1-2H3. The Morgan fingerprint density at radius 1 is 0.706 bits per heavy atom. The summed E-state index contributed by atoms with van der Waals surface area (Å²) in [6.07, 6.45) is 2.88. The van der Waals surface area contributed by atoms with Gasteiger partial charge in [0.2, 0.25) is 0 Å². The topological polar surface area (TPSA) is 96.0 Å². The summed E-state index contributed by atoms with van der Waals surface area (Å²) in [6, 6.07) is 0. The van der Waals surface area contributed by atoms with Crippen LogP contribution in [0.5, 0.6) is 0 Å². The van der Waals surface area contributed by atoms with Crippen LogP contribution in [-0.4, -0.2) is 55.8 Å². The molecule has 0 saturated carbocycles. The molecule has 0 unspecified atom stereocenters. The molecule has 0 fully saturated rings. The lowest BCUT2D eigenvalue weighted by molar-refractivity contribution is 0.109. The van der Waals surface area contributed by atoms with Gasteiger partial charge in [0.1, 0.15) is 0 Å². The number of hydrogen-bond acceptors (Lipinski definition) is 7. The second-order valence-corrected chi connectivity index (χ2v) is 6.66. The van der Waals surface area contributed by atoms with Crippen LogP contribution in [0.4, 0.5) is 0 Å². The fourth-order valence-corrected chi connectivity index (χ4v) is 1.69. The largest absolute Gasteiger partial charge is 0.381 e. The van der Waals surface area contributed by atoms with Crippen molar-refractivity contribution in [1.29, 1.82) is 0 Å². The van der Waals surface area contributed by atoms with Gasteiger partial charge in [-0.25, -0.2) is 0 Å². The lowest BCUT2D eigenvalue weighted by Crippen LogP contribution is -2.09. The van der Waals surface area contributed by atoms with E-state index in [0.717, 1.165) is 12.5 Å². The van der Waals surface area contributed by atoms with Crippen LogP contribution in [0.3, 0.4) is 0 Å². The zero-order chi connectivity index (χ0) is 13.4. The van der Waals surface area contributed by atoms with Crippen molar-refractivity contribution >= 4 is 20.2 Å². The first kappa shape index (κ1) is 16.8. The summed E-state index contributed by atoms with van der Waals surface area (Å²) in [6.45, 7) is 0.875. The van der Waals surface area contributed by atoms with Crippen molar-refractivity contribution in [2.24, 2.45) is 0 Å². The van der Waals surface area contributed by atoms with Gasteiger partial charge in [0.05, 0.1) is 25.7 Å². The van der Waals surface area contributed by atoms with E-state index >= 15 is 0 Å². The van der Waals surface area contributed by atoms with Crippen LogP contribution in [-0.2, 0) is 33.3 Å². The molecule has 0 aromatic rings. The zero-order valence-electron chi connectivity index (χ0n) is 9.92. The van der Waals surface area contributed by atoms with E-state index in [4.69, 9.17) is 4.74 Å². The van der Waals surface area contributed by atoms with E-state index in [1.54, 1.807) is 0 Å². The van der Waals surface area contributed by atoms with Crippen LogP contribution in [0.2, 0.25) is 0 Å². The number of hydrogen-bond donors (Lipinski definition) is 0. The quantitative estimate of drug-likeness (QED) is 0.404. The molecule has 0 aliphatic carbocycles. The molecule has 0 aromatic carbocycles. The minimum Gasteiger partial charge on any atom is -0.381 e. The van der Waals surface area contributed by atoms with E-state index in [1.165, 1.54) is 0 Å². The summed E-state index contributed by atoms with van der Waals surface area (Å²) >= 11 is 0. The highest BCUT2D eigenvalue weighted by atomic mass is 32.2. The van der Waals surface area contributed by atoms with Gasteiger partial charge in [-0.05, 0) is 12.8 Å². The Balaban J connectivity index is 3.25. The molecule has 104 valence electrons. The molecule has 0 bridgehead atoms. The van der Waals surface area contributed by atoms with E-state index in [-0.39, 0.29) is 13.2 Å². The maximum atomic E-state index is 10.6. The molecule has 0 rings (SSSR count). The van der Waals surface area contributed by atoms with Gasteiger partial charge in [0, 0.05) is 13.2 Å². The van der Waals surface area contributed by atoms with E-state index in [2.05, 4.69) is 8.37 Å². The Morgan fingerprint density at radius 2 is 1.06 bits per heavy atom. The number of rotatable bonds is 10.